The summed E-state index contributed by atoms with van der Waals surface area (Å²) in [6.45, 7) is 5.52. The Kier molecular flexibility index (Phi) is 6.52. The Hall–Kier alpha value is 0.170. The van der Waals surface area contributed by atoms with Gasteiger partial charge >= 0.3 is 0 Å². The van der Waals surface area contributed by atoms with Crippen LogP contribution in [0.1, 0.15) is 6.42 Å². The van der Waals surface area contributed by atoms with Gasteiger partial charge in [0.25, 0.3) is 0 Å². The van der Waals surface area contributed by atoms with Gasteiger partial charge in [-0.15, -0.1) is 11.6 Å². The van der Waals surface area contributed by atoms with Crippen LogP contribution in [0.4, 0.5) is 0 Å². The van der Waals surface area contributed by atoms with E-state index in [2.05, 4.69) is 4.90 Å². The molecule has 1 rings (SSSR count). The largest absolute Gasteiger partial charge is 0.382 e. The number of nitrogens with zero attached hydrogens (tertiary/aromatic N) is 1. The summed E-state index contributed by atoms with van der Waals surface area (Å²) in [7, 11) is 1.69. The SMILES string of the molecule is COCCOCCN1CCC(CCl)C1. The van der Waals surface area contributed by atoms with Gasteiger partial charge in [-0.3, -0.25) is 0 Å². The van der Waals surface area contributed by atoms with Crippen molar-refractivity contribution in [2.24, 2.45) is 5.92 Å². The molecule has 0 amide bonds. The molecule has 0 bridgehead atoms. The van der Waals surface area contributed by atoms with Crippen LogP contribution >= 0.6 is 11.6 Å². The molecule has 3 nitrogen and oxygen atoms in total. The molecule has 0 N–H and O–H groups in total. The van der Waals surface area contributed by atoms with E-state index in [-0.39, 0.29) is 0 Å². The molecule has 1 heterocycles. The van der Waals surface area contributed by atoms with Crippen LogP contribution in [0.3, 0.4) is 0 Å². The summed E-state index contributed by atoms with van der Waals surface area (Å²) in [5.74, 6) is 1.48. The van der Waals surface area contributed by atoms with Crippen molar-refractivity contribution in [3.8, 4) is 0 Å². The molecule has 0 aromatic carbocycles. The quantitative estimate of drug-likeness (QED) is 0.477. The first-order valence-corrected chi connectivity index (χ1v) is 5.75. The molecular formula is C10H20ClNO2. The minimum Gasteiger partial charge on any atom is -0.382 e. The summed E-state index contributed by atoms with van der Waals surface area (Å²) in [6.07, 6.45) is 1.24. The smallest absolute Gasteiger partial charge is 0.0700 e. The lowest BCUT2D eigenvalue weighted by molar-refractivity contribution is 0.0600. The Labute approximate surface area is 91.3 Å². The summed E-state index contributed by atoms with van der Waals surface area (Å²) >= 11 is 5.80. The van der Waals surface area contributed by atoms with Crippen LogP contribution < -0.4 is 0 Å². The van der Waals surface area contributed by atoms with Crippen LogP contribution in [-0.4, -0.2) is 57.3 Å². The van der Waals surface area contributed by atoms with E-state index in [1.54, 1.807) is 7.11 Å². The second-order valence-corrected chi connectivity index (χ2v) is 4.02. The number of rotatable bonds is 7. The van der Waals surface area contributed by atoms with Crippen LogP contribution in [0.2, 0.25) is 0 Å². The molecule has 0 aliphatic carbocycles. The number of ether oxygens (including phenoxy) is 2. The first kappa shape index (κ1) is 12.2. The van der Waals surface area contributed by atoms with Gasteiger partial charge in [0.2, 0.25) is 0 Å². The number of hydrogen-bond acceptors (Lipinski definition) is 3. The standard InChI is InChI=1S/C10H20ClNO2/c1-13-6-7-14-5-4-12-3-2-10(8-11)9-12/h10H,2-9H2,1H3. The molecule has 84 valence electrons. The van der Waals surface area contributed by atoms with Gasteiger partial charge in [-0.2, -0.15) is 0 Å². The summed E-state index contributed by atoms with van der Waals surface area (Å²) in [6, 6.07) is 0. The highest BCUT2D eigenvalue weighted by Gasteiger charge is 2.20. The number of methoxy groups -OCH3 is 1. The van der Waals surface area contributed by atoms with Crippen molar-refractivity contribution in [3.63, 3.8) is 0 Å². The van der Waals surface area contributed by atoms with E-state index in [1.807, 2.05) is 0 Å². The molecule has 1 saturated heterocycles. The monoisotopic (exact) mass is 221 g/mol. The minimum atomic E-state index is 0.685. The molecule has 0 aromatic heterocycles. The normalized spacial score (nSPS) is 23.1. The number of alkyl halides is 1. The molecule has 14 heavy (non-hydrogen) atoms. The lowest BCUT2D eigenvalue weighted by atomic mass is 10.2. The average molecular weight is 222 g/mol. The van der Waals surface area contributed by atoms with Crippen LogP contribution in [-0.2, 0) is 9.47 Å². The Bertz CT molecular complexity index is 146. The van der Waals surface area contributed by atoms with Gasteiger partial charge < -0.3 is 14.4 Å². The molecule has 1 unspecified atom stereocenters. The van der Waals surface area contributed by atoms with Crippen molar-refractivity contribution in [3.05, 3.63) is 0 Å². The second-order valence-electron chi connectivity index (χ2n) is 3.71. The zero-order valence-electron chi connectivity index (χ0n) is 8.88. The van der Waals surface area contributed by atoms with E-state index >= 15 is 0 Å². The van der Waals surface area contributed by atoms with Gasteiger partial charge in [-0.05, 0) is 18.9 Å². The topological polar surface area (TPSA) is 21.7 Å². The van der Waals surface area contributed by atoms with Crippen LogP contribution in [0, 0.1) is 5.92 Å². The van der Waals surface area contributed by atoms with Crippen molar-refractivity contribution >= 4 is 11.6 Å². The van der Waals surface area contributed by atoms with Gasteiger partial charge in [0.05, 0.1) is 19.8 Å². The molecule has 1 aliphatic rings. The fraction of sp³-hybridized carbons (Fsp3) is 1.00. The maximum absolute atomic E-state index is 5.80. The van der Waals surface area contributed by atoms with E-state index in [9.17, 15) is 0 Å². The van der Waals surface area contributed by atoms with Gasteiger partial charge in [-0.25, -0.2) is 0 Å². The number of halogens is 1. The van der Waals surface area contributed by atoms with Crippen molar-refractivity contribution in [1.82, 2.24) is 4.90 Å². The molecule has 0 aromatic rings. The summed E-state index contributed by atoms with van der Waals surface area (Å²) in [5, 5.41) is 0. The molecular weight excluding hydrogens is 202 g/mol. The minimum absolute atomic E-state index is 0.685. The Morgan fingerprint density at radius 1 is 1.36 bits per heavy atom. The lowest BCUT2D eigenvalue weighted by Gasteiger charge is -2.15. The lowest BCUT2D eigenvalue weighted by Crippen LogP contribution is -2.25. The fourth-order valence-electron chi connectivity index (χ4n) is 1.68. The molecule has 1 atom stereocenters. The summed E-state index contributed by atoms with van der Waals surface area (Å²) < 4.78 is 10.3. The molecule has 0 radical (unpaired) electrons. The van der Waals surface area contributed by atoms with Gasteiger partial charge in [0.1, 0.15) is 0 Å². The Balaban J connectivity index is 1.92. The summed E-state index contributed by atoms with van der Waals surface area (Å²) in [5.41, 5.74) is 0. The second kappa shape index (κ2) is 7.46. The first-order valence-electron chi connectivity index (χ1n) is 5.21. The first-order chi connectivity index (χ1) is 6.86. The predicted octanol–water partition coefficient (Wildman–Crippen LogP) is 1.21. The highest BCUT2D eigenvalue weighted by molar-refractivity contribution is 6.18. The van der Waals surface area contributed by atoms with Crippen LogP contribution in [0.15, 0.2) is 0 Å². The average Bonchev–Trinajstić information content (AvgIpc) is 2.65. The van der Waals surface area contributed by atoms with Crippen molar-refractivity contribution in [2.75, 3.05) is 52.4 Å². The number of likely N-dealkylation sites (tertiary alicyclic amines) is 1. The van der Waals surface area contributed by atoms with Gasteiger partial charge in [-0.1, -0.05) is 0 Å². The van der Waals surface area contributed by atoms with Crippen molar-refractivity contribution in [1.29, 1.82) is 0 Å². The summed E-state index contributed by atoms with van der Waals surface area (Å²) in [4.78, 5) is 2.42. The van der Waals surface area contributed by atoms with E-state index in [0.717, 1.165) is 25.6 Å². The maximum atomic E-state index is 5.80. The fourth-order valence-corrected chi connectivity index (χ4v) is 1.93. The maximum Gasteiger partial charge on any atom is 0.0700 e. The molecule has 1 fully saturated rings. The molecule has 0 saturated carbocycles. The van der Waals surface area contributed by atoms with Crippen molar-refractivity contribution < 1.29 is 9.47 Å². The van der Waals surface area contributed by atoms with Gasteiger partial charge in [0, 0.05) is 26.1 Å². The molecule has 0 spiro atoms. The highest BCUT2D eigenvalue weighted by atomic mass is 35.5. The Morgan fingerprint density at radius 3 is 2.86 bits per heavy atom. The van der Waals surface area contributed by atoms with Gasteiger partial charge in [0.15, 0.2) is 0 Å². The van der Waals surface area contributed by atoms with Crippen LogP contribution in [0.25, 0.3) is 0 Å². The highest BCUT2D eigenvalue weighted by Crippen LogP contribution is 2.16. The predicted molar refractivity (Wildman–Crippen MR) is 58.0 cm³/mol. The molecule has 1 aliphatic heterocycles. The van der Waals surface area contributed by atoms with E-state index in [4.69, 9.17) is 21.1 Å². The zero-order chi connectivity index (χ0) is 10.2. The van der Waals surface area contributed by atoms with E-state index < -0.39 is 0 Å². The zero-order valence-corrected chi connectivity index (χ0v) is 9.63. The van der Waals surface area contributed by atoms with Crippen LogP contribution in [0.5, 0.6) is 0 Å². The third-order valence-electron chi connectivity index (χ3n) is 2.57. The van der Waals surface area contributed by atoms with Crippen molar-refractivity contribution in [2.45, 2.75) is 6.42 Å². The number of hydrogen-bond donors (Lipinski definition) is 0. The third-order valence-corrected chi connectivity index (χ3v) is 3.01. The Morgan fingerprint density at radius 2 is 2.21 bits per heavy atom. The van der Waals surface area contributed by atoms with E-state index in [0.29, 0.717) is 19.1 Å². The van der Waals surface area contributed by atoms with E-state index in [1.165, 1.54) is 13.0 Å². The molecule has 4 heteroatoms. The third kappa shape index (κ3) is 4.60.